The van der Waals surface area contributed by atoms with Gasteiger partial charge in [0.1, 0.15) is 17.1 Å². The van der Waals surface area contributed by atoms with Crippen LogP contribution in [0.1, 0.15) is 16.1 Å². The molecule has 2 aromatic carbocycles. The van der Waals surface area contributed by atoms with E-state index in [1.54, 1.807) is 80.8 Å². The van der Waals surface area contributed by atoms with Gasteiger partial charge in [-0.1, -0.05) is 0 Å². The SMILES string of the molecule is COc1ccc2c(Oc3ccc(NC(=O)c4c(C)n(C)n(-c5ccncc5)c4=O)cc3F)ccnc2c1. The quantitative estimate of drug-likeness (QED) is 0.366. The molecule has 1 N–H and O–H groups in total. The summed E-state index contributed by atoms with van der Waals surface area (Å²) in [5.41, 5.74) is 1.30. The van der Waals surface area contributed by atoms with Gasteiger partial charge in [-0.25, -0.2) is 9.07 Å². The van der Waals surface area contributed by atoms with Crippen LogP contribution in [-0.2, 0) is 7.05 Å². The molecule has 0 saturated heterocycles. The van der Waals surface area contributed by atoms with Crippen LogP contribution >= 0.6 is 0 Å². The van der Waals surface area contributed by atoms with E-state index >= 15 is 0 Å². The summed E-state index contributed by atoms with van der Waals surface area (Å²) in [4.78, 5) is 34.3. The van der Waals surface area contributed by atoms with E-state index in [9.17, 15) is 14.0 Å². The Morgan fingerprint density at radius 1 is 1.00 bits per heavy atom. The Morgan fingerprint density at radius 3 is 2.51 bits per heavy atom. The van der Waals surface area contributed by atoms with Gasteiger partial charge >= 0.3 is 0 Å². The number of hydrogen-bond acceptors (Lipinski definition) is 6. The van der Waals surface area contributed by atoms with Crippen molar-refractivity contribution in [1.29, 1.82) is 0 Å². The molecule has 5 rings (SSSR count). The second-order valence-electron chi connectivity index (χ2n) is 8.20. The van der Waals surface area contributed by atoms with Crippen molar-refractivity contribution < 1.29 is 18.7 Å². The number of pyridine rings is 2. The number of halogens is 1. The van der Waals surface area contributed by atoms with Gasteiger partial charge in [0.05, 0.1) is 24.0 Å². The number of amides is 1. The van der Waals surface area contributed by atoms with E-state index in [4.69, 9.17) is 9.47 Å². The number of aromatic nitrogens is 4. The first kappa shape index (κ1) is 23.7. The van der Waals surface area contributed by atoms with Crippen LogP contribution in [0.5, 0.6) is 17.2 Å². The highest BCUT2D eigenvalue weighted by molar-refractivity contribution is 6.05. The maximum absolute atomic E-state index is 15.0. The number of methoxy groups -OCH3 is 1. The molecule has 0 radical (unpaired) electrons. The zero-order valence-corrected chi connectivity index (χ0v) is 20.2. The van der Waals surface area contributed by atoms with Crippen LogP contribution in [0.25, 0.3) is 16.6 Å². The molecule has 5 aromatic rings. The number of fused-ring (bicyclic) bond motifs is 1. The highest BCUT2D eigenvalue weighted by atomic mass is 19.1. The Labute approximate surface area is 210 Å². The third kappa shape index (κ3) is 4.40. The molecule has 10 heteroatoms. The third-order valence-corrected chi connectivity index (χ3v) is 6.01. The lowest BCUT2D eigenvalue weighted by molar-refractivity contribution is 0.102. The lowest BCUT2D eigenvalue weighted by atomic mass is 10.2. The average Bonchev–Trinajstić information content (AvgIpc) is 3.13. The first-order valence-corrected chi connectivity index (χ1v) is 11.3. The number of carbonyl (C=O) groups excluding carboxylic acids is 1. The Balaban J connectivity index is 1.39. The highest BCUT2D eigenvalue weighted by Crippen LogP contribution is 2.32. The largest absolute Gasteiger partial charge is 0.497 e. The zero-order valence-electron chi connectivity index (χ0n) is 20.2. The summed E-state index contributed by atoms with van der Waals surface area (Å²) in [6.45, 7) is 1.67. The van der Waals surface area contributed by atoms with E-state index in [2.05, 4.69) is 15.3 Å². The molecular formula is C27H22FN5O4. The molecule has 0 unspecified atom stereocenters. The monoisotopic (exact) mass is 499 g/mol. The lowest BCUT2D eigenvalue weighted by Gasteiger charge is -2.11. The van der Waals surface area contributed by atoms with Gasteiger partial charge in [-0.05, 0) is 49.4 Å². The van der Waals surface area contributed by atoms with Crippen LogP contribution in [-0.4, -0.2) is 32.3 Å². The molecule has 3 aromatic heterocycles. The van der Waals surface area contributed by atoms with E-state index < -0.39 is 17.3 Å². The van der Waals surface area contributed by atoms with E-state index in [1.165, 1.54) is 16.8 Å². The van der Waals surface area contributed by atoms with Crippen molar-refractivity contribution in [3.8, 4) is 22.9 Å². The van der Waals surface area contributed by atoms with Crippen molar-refractivity contribution in [3.63, 3.8) is 0 Å². The van der Waals surface area contributed by atoms with Crippen LogP contribution in [0.15, 0.2) is 78.0 Å². The number of nitrogens with one attached hydrogen (secondary N) is 1. The highest BCUT2D eigenvalue weighted by Gasteiger charge is 2.22. The van der Waals surface area contributed by atoms with Crippen molar-refractivity contribution in [1.82, 2.24) is 19.3 Å². The van der Waals surface area contributed by atoms with Gasteiger partial charge in [-0.2, -0.15) is 0 Å². The first-order valence-electron chi connectivity index (χ1n) is 11.3. The predicted molar refractivity (Wildman–Crippen MR) is 136 cm³/mol. The standard InChI is InChI=1S/C27H22FN5O4/c1-16-25(27(35)33(32(16)2)18-8-11-29-12-9-18)26(34)31-17-4-7-24(21(28)14-17)37-23-10-13-30-22-15-19(36-3)5-6-20(22)23/h4-15H,1-3H3,(H,31,34). The minimum Gasteiger partial charge on any atom is -0.497 e. The fourth-order valence-corrected chi connectivity index (χ4v) is 4.04. The Kier molecular flexibility index (Phi) is 6.14. The number of anilines is 1. The minimum absolute atomic E-state index is 0.0303. The van der Waals surface area contributed by atoms with Crippen LogP contribution < -0.4 is 20.3 Å². The topological polar surface area (TPSA) is 100 Å². The number of rotatable bonds is 6. The van der Waals surface area contributed by atoms with E-state index in [0.717, 1.165) is 6.07 Å². The number of hydrogen-bond donors (Lipinski definition) is 1. The number of carbonyl (C=O) groups is 1. The summed E-state index contributed by atoms with van der Waals surface area (Å²) in [5.74, 6) is -0.301. The summed E-state index contributed by atoms with van der Waals surface area (Å²) in [7, 11) is 3.24. The fourth-order valence-electron chi connectivity index (χ4n) is 4.04. The second kappa shape index (κ2) is 9.57. The summed E-state index contributed by atoms with van der Waals surface area (Å²) >= 11 is 0. The van der Waals surface area contributed by atoms with Gasteiger partial charge in [-0.15, -0.1) is 0 Å². The maximum Gasteiger partial charge on any atom is 0.284 e. The van der Waals surface area contributed by atoms with Gasteiger partial charge in [0.25, 0.3) is 11.5 Å². The van der Waals surface area contributed by atoms with Crippen LogP contribution in [0, 0.1) is 12.7 Å². The molecule has 1 amide bonds. The smallest absolute Gasteiger partial charge is 0.284 e. The first-order chi connectivity index (χ1) is 17.9. The zero-order chi connectivity index (χ0) is 26.1. The maximum atomic E-state index is 15.0. The minimum atomic E-state index is -0.685. The number of benzene rings is 2. The molecule has 0 aliphatic heterocycles. The van der Waals surface area contributed by atoms with Crippen LogP contribution in [0.3, 0.4) is 0 Å². The Bertz CT molecular complexity index is 1700. The van der Waals surface area contributed by atoms with Crippen LogP contribution in [0.2, 0.25) is 0 Å². The third-order valence-electron chi connectivity index (χ3n) is 6.01. The van der Waals surface area contributed by atoms with Gasteiger partial charge in [0.15, 0.2) is 11.6 Å². The summed E-state index contributed by atoms with van der Waals surface area (Å²) in [6, 6.07) is 14.3. The van der Waals surface area contributed by atoms with Gasteiger partial charge in [0, 0.05) is 48.8 Å². The van der Waals surface area contributed by atoms with Crippen molar-refractivity contribution in [2.24, 2.45) is 7.05 Å². The molecule has 9 nitrogen and oxygen atoms in total. The normalized spacial score (nSPS) is 10.9. The Hall–Kier alpha value is -4.99. The van der Waals surface area contributed by atoms with Crippen molar-refractivity contribution in [3.05, 3.63) is 101 Å². The molecule has 37 heavy (non-hydrogen) atoms. The second-order valence-corrected chi connectivity index (χ2v) is 8.20. The average molecular weight is 500 g/mol. The van der Waals surface area contributed by atoms with Gasteiger partial charge in [0.2, 0.25) is 0 Å². The van der Waals surface area contributed by atoms with Gasteiger partial charge in [-0.3, -0.25) is 24.2 Å². The number of nitrogens with zero attached hydrogens (tertiary/aromatic N) is 4. The molecule has 186 valence electrons. The fraction of sp³-hybridized carbons (Fsp3) is 0.111. The molecular weight excluding hydrogens is 477 g/mol. The molecule has 3 heterocycles. The molecule has 0 aliphatic rings. The molecule has 0 aliphatic carbocycles. The van der Waals surface area contributed by atoms with Crippen LogP contribution in [0.4, 0.5) is 10.1 Å². The van der Waals surface area contributed by atoms with Crippen molar-refractivity contribution >= 4 is 22.5 Å². The molecule has 0 spiro atoms. The molecule has 0 fully saturated rings. The van der Waals surface area contributed by atoms with E-state index in [1.807, 2.05) is 0 Å². The van der Waals surface area contributed by atoms with Crippen molar-refractivity contribution in [2.75, 3.05) is 12.4 Å². The predicted octanol–water partition coefficient (Wildman–Crippen LogP) is 4.62. The number of ether oxygens (including phenoxy) is 2. The molecule has 0 atom stereocenters. The molecule has 0 saturated carbocycles. The van der Waals surface area contributed by atoms with Gasteiger partial charge < -0.3 is 14.8 Å². The van der Waals surface area contributed by atoms with E-state index in [0.29, 0.717) is 33.8 Å². The van der Waals surface area contributed by atoms with Crippen molar-refractivity contribution in [2.45, 2.75) is 6.92 Å². The summed E-state index contributed by atoms with van der Waals surface area (Å²) in [5, 5.41) is 3.29. The summed E-state index contributed by atoms with van der Waals surface area (Å²) < 4.78 is 29.0. The lowest BCUT2D eigenvalue weighted by Crippen LogP contribution is -2.25. The molecule has 0 bridgehead atoms. The summed E-state index contributed by atoms with van der Waals surface area (Å²) in [6.07, 6.45) is 4.67. The van der Waals surface area contributed by atoms with E-state index in [-0.39, 0.29) is 17.0 Å². The Morgan fingerprint density at radius 2 is 1.78 bits per heavy atom.